The SMILES string of the molecule is CC(=O)Nc1cc(C(CC(=O)O)C(=O)O)ccc1C1CCCCC1.CCOCC. The third-order valence-electron chi connectivity index (χ3n) is 4.92. The summed E-state index contributed by atoms with van der Waals surface area (Å²) in [7, 11) is 0. The van der Waals surface area contributed by atoms with Crippen molar-refractivity contribution >= 4 is 23.5 Å². The second-order valence-electron chi connectivity index (χ2n) is 7.13. The highest BCUT2D eigenvalue weighted by molar-refractivity contribution is 5.90. The number of hydrogen-bond acceptors (Lipinski definition) is 4. The summed E-state index contributed by atoms with van der Waals surface area (Å²) in [6, 6.07) is 5.14. The molecule has 0 saturated heterocycles. The number of carbonyl (C=O) groups is 3. The van der Waals surface area contributed by atoms with E-state index in [2.05, 4.69) is 5.32 Å². The summed E-state index contributed by atoms with van der Waals surface area (Å²) in [6.07, 6.45) is 5.10. The van der Waals surface area contributed by atoms with Gasteiger partial charge < -0.3 is 20.3 Å². The molecular weight excluding hydrogens is 374 g/mol. The summed E-state index contributed by atoms with van der Waals surface area (Å²) in [4.78, 5) is 33.9. The van der Waals surface area contributed by atoms with E-state index >= 15 is 0 Å². The van der Waals surface area contributed by atoms with Crippen LogP contribution >= 0.6 is 0 Å². The Labute approximate surface area is 172 Å². The van der Waals surface area contributed by atoms with Gasteiger partial charge in [-0.1, -0.05) is 31.4 Å². The van der Waals surface area contributed by atoms with Crippen LogP contribution in [-0.4, -0.2) is 41.3 Å². The molecule has 3 N–H and O–H groups in total. The summed E-state index contributed by atoms with van der Waals surface area (Å²) >= 11 is 0. The molecule has 1 amide bonds. The van der Waals surface area contributed by atoms with Gasteiger partial charge in [0.05, 0.1) is 12.3 Å². The van der Waals surface area contributed by atoms with E-state index in [-0.39, 0.29) is 5.91 Å². The predicted molar refractivity (Wildman–Crippen MR) is 111 cm³/mol. The van der Waals surface area contributed by atoms with Crippen LogP contribution in [0.15, 0.2) is 18.2 Å². The van der Waals surface area contributed by atoms with Crippen LogP contribution < -0.4 is 5.32 Å². The smallest absolute Gasteiger partial charge is 0.311 e. The molecule has 1 aliphatic carbocycles. The van der Waals surface area contributed by atoms with Crippen molar-refractivity contribution in [2.75, 3.05) is 18.5 Å². The number of rotatable bonds is 8. The average Bonchev–Trinajstić information content (AvgIpc) is 2.67. The second-order valence-corrected chi connectivity index (χ2v) is 7.13. The molecule has 1 fully saturated rings. The third kappa shape index (κ3) is 8.64. The summed E-state index contributed by atoms with van der Waals surface area (Å²) in [6.45, 7) is 7.07. The van der Waals surface area contributed by atoms with Crippen LogP contribution in [-0.2, 0) is 19.1 Å². The molecule has 1 aliphatic rings. The molecule has 0 heterocycles. The highest BCUT2D eigenvalue weighted by Gasteiger charge is 2.26. The maximum atomic E-state index is 11.5. The number of carboxylic acid groups (broad SMARTS) is 2. The fourth-order valence-corrected chi connectivity index (χ4v) is 3.58. The summed E-state index contributed by atoms with van der Waals surface area (Å²) < 4.78 is 4.83. The first-order valence-electron chi connectivity index (χ1n) is 10.2. The summed E-state index contributed by atoms with van der Waals surface area (Å²) in [5.74, 6) is -3.36. The van der Waals surface area contributed by atoms with E-state index in [1.165, 1.54) is 13.3 Å². The molecule has 1 unspecified atom stereocenters. The van der Waals surface area contributed by atoms with Gasteiger partial charge >= 0.3 is 11.9 Å². The highest BCUT2D eigenvalue weighted by atomic mass is 16.5. The average molecular weight is 408 g/mol. The van der Waals surface area contributed by atoms with Gasteiger partial charge in [0, 0.05) is 25.8 Å². The maximum Gasteiger partial charge on any atom is 0.311 e. The van der Waals surface area contributed by atoms with Crippen molar-refractivity contribution in [3.05, 3.63) is 29.3 Å². The van der Waals surface area contributed by atoms with Crippen molar-refractivity contribution in [3.63, 3.8) is 0 Å². The van der Waals surface area contributed by atoms with E-state index in [4.69, 9.17) is 9.84 Å². The number of carbonyl (C=O) groups excluding carboxylic acids is 1. The van der Waals surface area contributed by atoms with Crippen molar-refractivity contribution in [1.82, 2.24) is 0 Å². The van der Waals surface area contributed by atoms with Crippen LogP contribution in [0.2, 0.25) is 0 Å². The Balaban J connectivity index is 0.000000749. The first-order chi connectivity index (χ1) is 13.8. The molecule has 0 aromatic heterocycles. The van der Waals surface area contributed by atoms with Crippen LogP contribution in [0.4, 0.5) is 5.69 Å². The lowest BCUT2D eigenvalue weighted by atomic mass is 9.82. The zero-order valence-corrected chi connectivity index (χ0v) is 17.6. The van der Waals surface area contributed by atoms with E-state index in [1.807, 2.05) is 19.9 Å². The lowest BCUT2D eigenvalue weighted by Crippen LogP contribution is -2.17. The minimum atomic E-state index is -1.18. The van der Waals surface area contributed by atoms with Crippen LogP contribution in [0.5, 0.6) is 0 Å². The first kappa shape index (κ1) is 24.6. The lowest BCUT2D eigenvalue weighted by molar-refractivity contribution is -0.145. The maximum absolute atomic E-state index is 11.5. The van der Waals surface area contributed by atoms with Gasteiger partial charge in [-0.2, -0.15) is 0 Å². The molecule has 29 heavy (non-hydrogen) atoms. The van der Waals surface area contributed by atoms with E-state index in [0.717, 1.165) is 44.5 Å². The van der Waals surface area contributed by atoms with Gasteiger partial charge in [0.2, 0.25) is 5.91 Å². The number of amides is 1. The number of nitrogens with one attached hydrogen (secondary N) is 1. The topological polar surface area (TPSA) is 113 Å². The summed E-state index contributed by atoms with van der Waals surface area (Å²) in [5.41, 5.74) is 2.00. The Morgan fingerprint density at radius 3 is 2.17 bits per heavy atom. The molecule has 162 valence electrons. The van der Waals surface area contributed by atoms with E-state index < -0.39 is 24.3 Å². The Bertz CT molecular complexity index is 680. The predicted octanol–water partition coefficient (Wildman–Crippen LogP) is 4.38. The molecule has 7 nitrogen and oxygen atoms in total. The molecule has 1 aromatic carbocycles. The number of carboxylic acids is 2. The van der Waals surface area contributed by atoms with Crippen LogP contribution in [0, 0.1) is 0 Å². The van der Waals surface area contributed by atoms with Crippen molar-refractivity contribution in [3.8, 4) is 0 Å². The summed E-state index contributed by atoms with van der Waals surface area (Å²) in [5, 5.41) is 21.0. The monoisotopic (exact) mass is 407 g/mol. The molecular formula is C22H33NO6. The molecule has 0 spiro atoms. The van der Waals surface area contributed by atoms with Gasteiger partial charge in [0.15, 0.2) is 0 Å². The molecule has 1 saturated carbocycles. The minimum absolute atomic E-state index is 0.227. The molecule has 1 aromatic rings. The molecule has 0 aliphatic heterocycles. The Morgan fingerprint density at radius 1 is 1.10 bits per heavy atom. The van der Waals surface area contributed by atoms with Crippen LogP contribution in [0.3, 0.4) is 0 Å². The Kier molecular flexibility index (Phi) is 11.0. The van der Waals surface area contributed by atoms with Crippen LogP contribution in [0.25, 0.3) is 0 Å². The molecule has 0 radical (unpaired) electrons. The molecule has 2 rings (SSSR count). The Morgan fingerprint density at radius 2 is 1.72 bits per heavy atom. The second kappa shape index (κ2) is 12.9. The van der Waals surface area contributed by atoms with Gasteiger partial charge in [0.25, 0.3) is 0 Å². The fraction of sp³-hybridized carbons (Fsp3) is 0.591. The molecule has 7 heteroatoms. The van der Waals surface area contributed by atoms with Crippen molar-refractivity contribution < 1.29 is 29.3 Å². The van der Waals surface area contributed by atoms with Gasteiger partial charge in [-0.25, -0.2) is 0 Å². The minimum Gasteiger partial charge on any atom is -0.481 e. The van der Waals surface area contributed by atoms with Crippen LogP contribution in [0.1, 0.15) is 82.3 Å². The fourth-order valence-electron chi connectivity index (χ4n) is 3.58. The van der Waals surface area contributed by atoms with Gasteiger partial charge in [0.1, 0.15) is 0 Å². The largest absolute Gasteiger partial charge is 0.481 e. The van der Waals surface area contributed by atoms with Crippen molar-refractivity contribution in [2.45, 2.75) is 71.1 Å². The number of ether oxygens (including phenoxy) is 1. The van der Waals surface area contributed by atoms with Crippen molar-refractivity contribution in [2.24, 2.45) is 0 Å². The normalized spacial score (nSPS) is 15.0. The number of aliphatic carboxylic acids is 2. The van der Waals surface area contributed by atoms with E-state index in [0.29, 0.717) is 17.2 Å². The first-order valence-corrected chi connectivity index (χ1v) is 10.2. The van der Waals surface area contributed by atoms with Crippen molar-refractivity contribution in [1.29, 1.82) is 0 Å². The van der Waals surface area contributed by atoms with Gasteiger partial charge in [-0.15, -0.1) is 0 Å². The standard InChI is InChI=1S/C18H23NO5.C4H10O/c1-11(20)19-16-9-13(15(18(23)24)10-17(21)22)7-8-14(16)12-5-3-2-4-6-12;1-3-5-4-2/h7-9,12,15H,2-6,10H2,1H3,(H,19,20)(H,21,22)(H,23,24);3-4H2,1-2H3. The number of anilines is 1. The highest BCUT2D eigenvalue weighted by Crippen LogP contribution is 2.38. The zero-order valence-electron chi connectivity index (χ0n) is 17.6. The van der Waals surface area contributed by atoms with Gasteiger partial charge in [-0.05, 0) is 49.8 Å². The van der Waals surface area contributed by atoms with E-state index in [9.17, 15) is 19.5 Å². The Hall–Kier alpha value is -2.41. The molecule has 0 bridgehead atoms. The number of benzene rings is 1. The molecule has 1 atom stereocenters. The van der Waals surface area contributed by atoms with Gasteiger partial charge in [-0.3, -0.25) is 14.4 Å². The quantitative estimate of drug-likeness (QED) is 0.589. The van der Waals surface area contributed by atoms with E-state index in [1.54, 1.807) is 12.1 Å². The zero-order chi connectivity index (χ0) is 21.8. The number of hydrogen-bond donors (Lipinski definition) is 3. The third-order valence-corrected chi connectivity index (χ3v) is 4.92. The lowest BCUT2D eigenvalue weighted by Gasteiger charge is -2.25.